The lowest BCUT2D eigenvalue weighted by Gasteiger charge is -2.29. The van der Waals surface area contributed by atoms with Crippen molar-refractivity contribution in [3.63, 3.8) is 0 Å². The van der Waals surface area contributed by atoms with E-state index in [0.29, 0.717) is 18.6 Å². The van der Waals surface area contributed by atoms with Crippen LogP contribution in [-0.2, 0) is 30.4 Å². The van der Waals surface area contributed by atoms with Crippen LogP contribution in [-0.4, -0.2) is 92.5 Å². The number of benzene rings is 1. The smallest absolute Gasteiger partial charge is 0.326 e. The van der Waals surface area contributed by atoms with Crippen LogP contribution in [0.15, 0.2) is 30.5 Å². The quantitative estimate of drug-likeness (QED) is 0.205. The number of likely N-dealkylation sites (tertiary alicyclic amines) is 1. The number of hydrogen-bond donors (Lipinski definition) is 6. The summed E-state index contributed by atoms with van der Waals surface area (Å²) >= 11 is 1.45. The van der Waals surface area contributed by atoms with Gasteiger partial charge in [0.25, 0.3) is 0 Å². The lowest BCUT2D eigenvalue weighted by atomic mass is 10.0. The molecule has 7 N–H and O–H groups in total. The van der Waals surface area contributed by atoms with Crippen LogP contribution in [0.5, 0.6) is 0 Å². The molecule has 4 atom stereocenters. The Morgan fingerprint density at radius 3 is 2.53 bits per heavy atom. The van der Waals surface area contributed by atoms with Crippen LogP contribution in [0.4, 0.5) is 0 Å². The summed E-state index contributed by atoms with van der Waals surface area (Å²) in [5, 5.41) is 24.6. The molecule has 0 radical (unpaired) electrons. The number of aromatic nitrogens is 1. The zero-order valence-electron chi connectivity index (χ0n) is 21.0. The average Bonchev–Trinajstić information content (AvgIpc) is 3.53. The first-order chi connectivity index (χ1) is 18.1. The number of aliphatic carboxylic acids is 2. The Labute approximate surface area is 223 Å². The van der Waals surface area contributed by atoms with Gasteiger partial charge in [0.05, 0.1) is 12.5 Å². The summed E-state index contributed by atoms with van der Waals surface area (Å²) in [6.45, 7) is 0.257. The number of H-pyrrole nitrogens is 1. The number of aromatic amines is 1. The van der Waals surface area contributed by atoms with Gasteiger partial charge in [0.2, 0.25) is 17.7 Å². The van der Waals surface area contributed by atoms with E-state index in [9.17, 15) is 29.1 Å². The summed E-state index contributed by atoms with van der Waals surface area (Å²) in [5.41, 5.74) is 7.28. The number of hydrogen-bond acceptors (Lipinski definition) is 7. The summed E-state index contributed by atoms with van der Waals surface area (Å²) in [4.78, 5) is 66.6. The van der Waals surface area contributed by atoms with Gasteiger partial charge in [-0.1, -0.05) is 18.2 Å². The first kappa shape index (κ1) is 29.0. The molecule has 0 saturated carbocycles. The molecular formula is C25H33N5O7S. The summed E-state index contributed by atoms with van der Waals surface area (Å²) in [7, 11) is 0. The number of nitrogens with one attached hydrogen (secondary N) is 3. The maximum atomic E-state index is 13.6. The molecule has 1 aliphatic heterocycles. The molecule has 2 aromatic rings. The summed E-state index contributed by atoms with van der Waals surface area (Å²) < 4.78 is 0. The van der Waals surface area contributed by atoms with Gasteiger partial charge < -0.3 is 36.5 Å². The predicted octanol–water partition coefficient (Wildman–Crippen LogP) is 0.311. The van der Waals surface area contributed by atoms with Crippen molar-refractivity contribution in [1.82, 2.24) is 20.5 Å². The molecule has 4 unspecified atom stereocenters. The Balaban J connectivity index is 1.85. The number of thioether (sulfide) groups is 1. The Hall–Kier alpha value is -3.58. The summed E-state index contributed by atoms with van der Waals surface area (Å²) in [6, 6.07) is 2.99. The van der Waals surface area contributed by atoms with E-state index in [1.165, 1.54) is 16.7 Å². The fourth-order valence-electron chi connectivity index (χ4n) is 4.54. The fraction of sp³-hybridized carbons (Fsp3) is 0.480. The normalized spacial score (nSPS) is 17.5. The molecule has 38 heavy (non-hydrogen) atoms. The van der Waals surface area contributed by atoms with Crippen molar-refractivity contribution in [3.8, 4) is 0 Å². The highest BCUT2D eigenvalue weighted by atomic mass is 32.2. The standard InChI is InChI=1S/C25H33N5O7S/c1-38-10-8-18(28-22(33)16(26)12-21(31)32)23(34)29-19(24(35)30-9-4-7-20(30)25(36)37)11-14-13-27-17-6-3-2-5-15(14)17/h2-3,5-6,13,16,18-20,27H,4,7-12,26H2,1H3,(H,28,33)(H,29,34)(H,31,32)(H,36,37). The third-order valence-electron chi connectivity index (χ3n) is 6.51. The SMILES string of the molecule is CSCCC(NC(=O)C(N)CC(=O)O)C(=O)NC(Cc1c[nH]c2ccccc12)C(=O)N1CCCC1C(=O)O. The van der Waals surface area contributed by atoms with E-state index in [0.717, 1.165) is 16.5 Å². The zero-order chi connectivity index (χ0) is 27.8. The zero-order valence-corrected chi connectivity index (χ0v) is 21.8. The highest BCUT2D eigenvalue weighted by molar-refractivity contribution is 7.98. The first-order valence-electron chi connectivity index (χ1n) is 12.3. The minimum atomic E-state index is -1.35. The van der Waals surface area contributed by atoms with Crippen LogP contribution in [0.3, 0.4) is 0 Å². The molecule has 1 fully saturated rings. The van der Waals surface area contributed by atoms with E-state index >= 15 is 0 Å². The van der Waals surface area contributed by atoms with Gasteiger partial charge in [-0.3, -0.25) is 19.2 Å². The maximum Gasteiger partial charge on any atom is 0.326 e. The Kier molecular flexibility index (Phi) is 10.1. The monoisotopic (exact) mass is 547 g/mol. The van der Waals surface area contributed by atoms with E-state index in [2.05, 4.69) is 15.6 Å². The largest absolute Gasteiger partial charge is 0.481 e. The van der Waals surface area contributed by atoms with Crippen LogP contribution in [0.1, 0.15) is 31.2 Å². The Morgan fingerprint density at radius 2 is 1.84 bits per heavy atom. The van der Waals surface area contributed by atoms with Crippen LogP contribution in [0.2, 0.25) is 0 Å². The van der Waals surface area contributed by atoms with Gasteiger partial charge in [-0.25, -0.2) is 4.79 Å². The van der Waals surface area contributed by atoms with Crippen molar-refractivity contribution in [2.24, 2.45) is 5.73 Å². The molecule has 1 saturated heterocycles. The highest BCUT2D eigenvalue weighted by Crippen LogP contribution is 2.23. The third kappa shape index (κ3) is 7.25. The number of carbonyl (C=O) groups excluding carboxylic acids is 3. The van der Waals surface area contributed by atoms with Gasteiger partial charge in [-0.15, -0.1) is 0 Å². The average molecular weight is 548 g/mol. The van der Waals surface area contributed by atoms with Gasteiger partial charge >= 0.3 is 11.9 Å². The van der Waals surface area contributed by atoms with Gasteiger partial charge in [-0.2, -0.15) is 11.8 Å². The van der Waals surface area contributed by atoms with E-state index < -0.39 is 60.2 Å². The second-order valence-electron chi connectivity index (χ2n) is 9.20. The molecule has 12 nitrogen and oxygen atoms in total. The van der Waals surface area contributed by atoms with Crippen molar-refractivity contribution < 1.29 is 34.2 Å². The number of fused-ring (bicyclic) bond motifs is 1. The number of carboxylic acids is 2. The Morgan fingerprint density at radius 1 is 1.13 bits per heavy atom. The Bertz CT molecular complexity index is 1190. The van der Waals surface area contributed by atoms with Crippen molar-refractivity contribution in [3.05, 3.63) is 36.0 Å². The number of carboxylic acid groups (broad SMARTS) is 2. The second kappa shape index (κ2) is 13.3. The molecule has 0 spiro atoms. The molecule has 1 aliphatic rings. The number of nitrogens with two attached hydrogens (primary N) is 1. The minimum Gasteiger partial charge on any atom is -0.481 e. The third-order valence-corrected chi connectivity index (χ3v) is 7.15. The highest BCUT2D eigenvalue weighted by Gasteiger charge is 2.38. The number of amides is 3. The molecular weight excluding hydrogens is 514 g/mol. The van der Waals surface area contributed by atoms with Gasteiger partial charge in [0.15, 0.2) is 0 Å². The van der Waals surface area contributed by atoms with Crippen molar-refractivity contribution in [1.29, 1.82) is 0 Å². The molecule has 206 valence electrons. The fourth-order valence-corrected chi connectivity index (χ4v) is 5.02. The predicted molar refractivity (Wildman–Crippen MR) is 141 cm³/mol. The number of nitrogens with zero attached hydrogens (tertiary/aromatic N) is 1. The molecule has 1 aromatic heterocycles. The molecule has 2 heterocycles. The van der Waals surface area contributed by atoms with E-state index in [4.69, 9.17) is 10.8 Å². The van der Waals surface area contributed by atoms with Crippen molar-refractivity contribution in [2.75, 3.05) is 18.6 Å². The summed E-state index contributed by atoms with van der Waals surface area (Å²) in [6.07, 6.45) is 4.14. The molecule has 1 aromatic carbocycles. The molecule has 3 amide bonds. The van der Waals surface area contributed by atoms with E-state index in [-0.39, 0.29) is 19.4 Å². The number of carbonyl (C=O) groups is 5. The van der Waals surface area contributed by atoms with Crippen LogP contribution in [0, 0.1) is 0 Å². The molecule has 0 bridgehead atoms. The van der Waals surface area contributed by atoms with E-state index in [1.807, 2.05) is 30.5 Å². The summed E-state index contributed by atoms with van der Waals surface area (Å²) in [5.74, 6) is -3.81. The van der Waals surface area contributed by atoms with E-state index in [1.54, 1.807) is 6.20 Å². The number of para-hydroxylation sites is 1. The molecule has 3 rings (SSSR count). The lowest BCUT2D eigenvalue weighted by molar-refractivity contribution is -0.149. The van der Waals surface area contributed by atoms with Crippen molar-refractivity contribution in [2.45, 2.75) is 56.3 Å². The van der Waals surface area contributed by atoms with Crippen LogP contribution >= 0.6 is 11.8 Å². The van der Waals surface area contributed by atoms with Crippen LogP contribution in [0.25, 0.3) is 10.9 Å². The maximum absolute atomic E-state index is 13.6. The number of rotatable bonds is 13. The topological polar surface area (TPSA) is 195 Å². The minimum absolute atomic E-state index is 0.0964. The van der Waals surface area contributed by atoms with Gasteiger partial charge in [0.1, 0.15) is 18.1 Å². The van der Waals surface area contributed by atoms with Gasteiger partial charge in [-0.05, 0) is 42.9 Å². The van der Waals surface area contributed by atoms with Gasteiger partial charge in [0, 0.05) is 30.1 Å². The molecule has 0 aliphatic carbocycles. The molecule has 13 heteroatoms. The van der Waals surface area contributed by atoms with Crippen molar-refractivity contribution >= 4 is 52.3 Å². The lowest BCUT2D eigenvalue weighted by Crippen LogP contribution is -2.57. The second-order valence-corrected chi connectivity index (χ2v) is 10.2. The first-order valence-corrected chi connectivity index (χ1v) is 13.7. The van der Waals surface area contributed by atoms with Crippen LogP contribution < -0.4 is 16.4 Å².